The van der Waals surface area contributed by atoms with Crippen molar-refractivity contribution in [2.45, 2.75) is 13.2 Å². The average molecular weight is 468 g/mol. The molecule has 3 rings (SSSR count). The first-order valence-electron chi connectivity index (χ1n) is 8.87. The molecule has 4 nitrogen and oxygen atoms in total. The lowest BCUT2D eigenvalue weighted by Gasteiger charge is -2.26. The van der Waals surface area contributed by atoms with Crippen LogP contribution in [-0.4, -0.2) is 44.3 Å². The van der Waals surface area contributed by atoms with Crippen LogP contribution in [0.4, 0.5) is 0 Å². The fraction of sp³-hybridized carbons (Fsp3) is 0.400. The summed E-state index contributed by atoms with van der Waals surface area (Å²) in [5.74, 6) is 0.827. The van der Waals surface area contributed by atoms with Gasteiger partial charge in [0.1, 0.15) is 12.4 Å². The van der Waals surface area contributed by atoms with Gasteiger partial charge in [0.05, 0.1) is 13.2 Å². The predicted octanol–water partition coefficient (Wildman–Crippen LogP) is 4.84. The number of nitrogens with zero attached hydrogens (tertiary/aromatic N) is 1. The second-order valence-electron chi connectivity index (χ2n) is 6.30. The van der Waals surface area contributed by atoms with Gasteiger partial charge in [0, 0.05) is 48.3 Å². The van der Waals surface area contributed by atoms with Gasteiger partial charge in [-0.1, -0.05) is 41.4 Å². The molecule has 0 aromatic heterocycles. The highest BCUT2D eigenvalue weighted by atomic mass is 35.5. The van der Waals surface area contributed by atoms with Crippen LogP contribution in [0.5, 0.6) is 5.75 Å². The van der Waals surface area contributed by atoms with Crippen molar-refractivity contribution >= 4 is 48.0 Å². The first-order valence-corrected chi connectivity index (χ1v) is 9.63. The molecule has 0 bridgehead atoms. The summed E-state index contributed by atoms with van der Waals surface area (Å²) < 4.78 is 11.2. The number of halogens is 4. The molecule has 28 heavy (non-hydrogen) atoms. The lowest BCUT2D eigenvalue weighted by Crippen LogP contribution is -2.40. The van der Waals surface area contributed by atoms with Crippen molar-refractivity contribution in [2.75, 3.05) is 39.4 Å². The maximum atomic E-state index is 6.16. The molecule has 1 fully saturated rings. The molecule has 0 radical (unpaired) electrons. The average Bonchev–Trinajstić information content (AvgIpc) is 2.66. The minimum Gasteiger partial charge on any atom is -0.489 e. The van der Waals surface area contributed by atoms with Gasteiger partial charge < -0.3 is 14.8 Å². The second kappa shape index (κ2) is 13.5. The van der Waals surface area contributed by atoms with Crippen LogP contribution >= 0.6 is 48.0 Å². The van der Waals surface area contributed by atoms with Crippen LogP contribution in [0.15, 0.2) is 42.5 Å². The molecule has 1 aliphatic heterocycles. The number of ether oxygens (including phenoxy) is 2. The van der Waals surface area contributed by atoms with Crippen LogP contribution in [0.3, 0.4) is 0 Å². The Morgan fingerprint density at radius 3 is 2.39 bits per heavy atom. The number of hydrogen-bond acceptors (Lipinski definition) is 4. The van der Waals surface area contributed by atoms with E-state index in [0.29, 0.717) is 16.7 Å². The first kappa shape index (κ1) is 25.3. The second-order valence-corrected chi connectivity index (χ2v) is 7.14. The van der Waals surface area contributed by atoms with Crippen LogP contribution in [0.25, 0.3) is 0 Å². The van der Waals surface area contributed by atoms with Gasteiger partial charge >= 0.3 is 0 Å². The zero-order valence-electron chi connectivity index (χ0n) is 15.5. The summed E-state index contributed by atoms with van der Waals surface area (Å²) in [6.45, 7) is 7.09. The van der Waals surface area contributed by atoms with Crippen LogP contribution in [0.1, 0.15) is 11.1 Å². The topological polar surface area (TPSA) is 33.7 Å². The molecule has 2 aromatic carbocycles. The molecule has 0 spiro atoms. The van der Waals surface area contributed by atoms with Crippen LogP contribution in [0.2, 0.25) is 10.0 Å². The Balaban J connectivity index is 0.00000196. The van der Waals surface area contributed by atoms with Crippen molar-refractivity contribution in [3.8, 4) is 5.75 Å². The fourth-order valence-corrected chi connectivity index (χ4v) is 3.26. The molecule has 1 N–H and O–H groups in total. The molecule has 1 heterocycles. The molecule has 1 saturated heterocycles. The summed E-state index contributed by atoms with van der Waals surface area (Å²) in [6.07, 6.45) is 0. The molecular weight excluding hydrogens is 442 g/mol. The van der Waals surface area contributed by atoms with Crippen molar-refractivity contribution in [1.82, 2.24) is 10.2 Å². The molecule has 0 aliphatic carbocycles. The number of rotatable bonds is 8. The Hall–Kier alpha value is -0.720. The highest BCUT2D eigenvalue weighted by Gasteiger charge is 2.09. The van der Waals surface area contributed by atoms with E-state index in [0.717, 1.165) is 57.3 Å². The summed E-state index contributed by atoms with van der Waals surface area (Å²) in [4.78, 5) is 2.43. The normalized spacial score (nSPS) is 14.1. The molecular formula is C20H26Cl4N2O2. The maximum Gasteiger partial charge on any atom is 0.119 e. The predicted molar refractivity (Wildman–Crippen MR) is 121 cm³/mol. The Morgan fingerprint density at radius 1 is 1.00 bits per heavy atom. The van der Waals surface area contributed by atoms with Crippen molar-refractivity contribution in [3.63, 3.8) is 0 Å². The lowest BCUT2D eigenvalue weighted by atomic mass is 10.2. The van der Waals surface area contributed by atoms with Gasteiger partial charge in [-0.2, -0.15) is 0 Å². The summed E-state index contributed by atoms with van der Waals surface area (Å²) in [6, 6.07) is 13.6. The van der Waals surface area contributed by atoms with Gasteiger partial charge in [0.15, 0.2) is 0 Å². The molecule has 2 aromatic rings. The van der Waals surface area contributed by atoms with E-state index in [2.05, 4.69) is 22.3 Å². The number of morpholine rings is 1. The minimum absolute atomic E-state index is 0. The third kappa shape index (κ3) is 8.34. The number of hydrogen-bond donors (Lipinski definition) is 1. The zero-order valence-corrected chi connectivity index (χ0v) is 18.7. The summed E-state index contributed by atoms with van der Waals surface area (Å²) >= 11 is 12.1. The first-order chi connectivity index (χ1) is 12.7. The monoisotopic (exact) mass is 466 g/mol. The Morgan fingerprint density at radius 2 is 1.71 bits per heavy atom. The van der Waals surface area contributed by atoms with E-state index in [1.165, 1.54) is 5.56 Å². The number of benzene rings is 2. The lowest BCUT2D eigenvalue weighted by molar-refractivity contribution is 0.0384. The zero-order chi connectivity index (χ0) is 18.2. The SMILES string of the molecule is Cl.Cl.Clc1ccc(COc2ccc(CNCCN3CCOCC3)cc2)c(Cl)c1. The van der Waals surface area contributed by atoms with E-state index < -0.39 is 0 Å². The molecule has 0 amide bonds. The molecule has 8 heteroatoms. The molecule has 0 atom stereocenters. The standard InChI is InChI=1S/C20H24Cl2N2O2.2ClH/c21-18-4-3-17(20(22)13-18)15-26-19-5-1-16(2-6-19)14-23-7-8-24-9-11-25-12-10-24;;/h1-6,13,23H,7-12,14-15H2;2*1H. The maximum absolute atomic E-state index is 6.16. The van der Waals surface area contributed by atoms with Gasteiger partial charge in [-0.05, 0) is 29.8 Å². The van der Waals surface area contributed by atoms with Gasteiger partial charge in [0.25, 0.3) is 0 Å². The molecule has 156 valence electrons. The minimum atomic E-state index is 0. The van der Waals surface area contributed by atoms with Crippen LogP contribution in [-0.2, 0) is 17.9 Å². The molecule has 0 saturated carbocycles. The Labute approximate surface area is 189 Å². The van der Waals surface area contributed by atoms with Gasteiger partial charge in [-0.3, -0.25) is 4.90 Å². The van der Waals surface area contributed by atoms with E-state index >= 15 is 0 Å². The van der Waals surface area contributed by atoms with Crippen molar-refractivity contribution in [2.24, 2.45) is 0 Å². The van der Waals surface area contributed by atoms with Gasteiger partial charge in [-0.15, -0.1) is 24.8 Å². The van der Waals surface area contributed by atoms with Crippen molar-refractivity contribution in [1.29, 1.82) is 0 Å². The smallest absolute Gasteiger partial charge is 0.119 e. The molecule has 0 unspecified atom stereocenters. The third-order valence-corrected chi connectivity index (χ3v) is 4.96. The summed E-state index contributed by atoms with van der Waals surface area (Å²) in [5, 5.41) is 4.74. The Kier molecular flexibility index (Phi) is 12.2. The van der Waals surface area contributed by atoms with Crippen molar-refractivity contribution in [3.05, 3.63) is 63.6 Å². The quantitative estimate of drug-likeness (QED) is 0.563. The summed E-state index contributed by atoms with van der Waals surface area (Å²) in [5.41, 5.74) is 2.16. The van der Waals surface area contributed by atoms with E-state index in [1.54, 1.807) is 6.07 Å². The highest BCUT2D eigenvalue weighted by molar-refractivity contribution is 6.35. The van der Waals surface area contributed by atoms with E-state index in [9.17, 15) is 0 Å². The van der Waals surface area contributed by atoms with Gasteiger partial charge in [0.2, 0.25) is 0 Å². The summed E-state index contributed by atoms with van der Waals surface area (Å²) in [7, 11) is 0. The van der Waals surface area contributed by atoms with E-state index in [1.807, 2.05) is 24.3 Å². The van der Waals surface area contributed by atoms with E-state index in [-0.39, 0.29) is 24.8 Å². The molecule has 1 aliphatic rings. The fourth-order valence-electron chi connectivity index (χ4n) is 2.80. The Bertz CT molecular complexity index is 695. The van der Waals surface area contributed by atoms with E-state index in [4.69, 9.17) is 32.7 Å². The van der Waals surface area contributed by atoms with Gasteiger partial charge in [-0.25, -0.2) is 0 Å². The third-order valence-electron chi connectivity index (χ3n) is 4.37. The van der Waals surface area contributed by atoms with Crippen molar-refractivity contribution < 1.29 is 9.47 Å². The number of nitrogens with one attached hydrogen (secondary N) is 1. The largest absolute Gasteiger partial charge is 0.489 e. The van der Waals surface area contributed by atoms with Crippen LogP contribution in [0, 0.1) is 0 Å². The highest BCUT2D eigenvalue weighted by Crippen LogP contribution is 2.22. The van der Waals surface area contributed by atoms with Crippen LogP contribution < -0.4 is 10.1 Å².